The largest absolute Gasteiger partial charge is 0.343 e. The number of fused-ring (bicyclic) bond motifs is 4. The average molecular weight is 785 g/mol. The second-order valence-corrected chi connectivity index (χ2v) is 17.6. The van der Waals surface area contributed by atoms with Crippen molar-refractivity contribution in [3.05, 3.63) is 141 Å². The molecule has 4 bridgehead atoms. The Morgan fingerprint density at radius 2 is 1.02 bits per heavy atom. The molecule has 2 atom stereocenters. The molecule has 9 rings (SSSR count). The number of carbonyl (C=O) groups excluding carboxylic acids is 2. The second-order valence-electron chi connectivity index (χ2n) is 17.6. The van der Waals surface area contributed by atoms with Gasteiger partial charge in [-0.1, -0.05) is 99.1 Å². The average Bonchev–Trinajstić information content (AvgIpc) is 3.93. The van der Waals surface area contributed by atoms with Crippen LogP contribution in [0.3, 0.4) is 0 Å². The van der Waals surface area contributed by atoms with Crippen LogP contribution in [0.1, 0.15) is 151 Å². The van der Waals surface area contributed by atoms with Crippen molar-refractivity contribution in [2.24, 2.45) is 0 Å². The Hall–Kier alpha value is -4.33. The minimum Gasteiger partial charge on any atom is -0.343 e. The van der Waals surface area contributed by atoms with E-state index in [1.807, 2.05) is 84.0 Å². The minimum atomic E-state index is -0.259. The molecular weight excluding hydrogens is 720 g/mol. The Morgan fingerprint density at radius 1 is 0.586 bits per heavy atom. The Morgan fingerprint density at radius 3 is 1.47 bits per heavy atom. The maximum atomic E-state index is 14.0. The summed E-state index contributed by atoms with van der Waals surface area (Å²) < 4.78 is 14.0. The molecule has 4 saturated heterocycles. The second kappa shape index (κ2) is 17.5. The van der Waals surface area contributed by atoms with Crippen LogP contribution in [0.15, 0.2) is 91.0 Å². The fraction of sp³-hybridized carbons (Fsp3) is 0.490. The van der Waals surface area contributed by atoms with Crippen molar-refractivity contribution < 1.29 is 14.0 Å². The summed E-state index contributed by atoms with van der Waals surface area (Å²) in [7, 11) is 2.15. The number of amides is 2. The highest BCUT2D eigenvalue weighted by molar-refractivity contribution is 5.98. The zero-order valence-electron chi connectivity index (χ0n) is 35.9. The van der Waals surface area contributed by atoms with Gasteiger partial charge in [-0.2, -0.15) is 0 Å². The molecule has 0 radical (unpaired) electrons. The number of nitrogens with one attached hydrogen (secondary N) is 2. The molecular formula is C51H65FN4O2. The van der Waals surface area contributed by atoms with Crippen molar-refractivity contribution in [2.75, 3.05) is 7.05 Å². The SMILES string of the molecule is CC.Cc1cccc(C)c1C(=O)NC(c1cccc(F)c1)C12CCC(CC1)N2C.Cc1cccc(C)c1C(=O)N[C@H](c1ccccc1)C12CCC(CC1)N2C1CCC1. The molecule has 1 unspecified atom stereocenters. The third-order valence-electron chi connectivity index (χ3n) is 14.6. The lowest BCUT2D eigenvalue weighted by atomic mass is 9.77. The van der Waals surface area contributed by atoms with Crippen molar-refractivity contribution in [3.63, 3.8) is 0 Å². The third kappa shape index (κ3) is 7.65. The minimum absolute atomic E-state index is 0.0447. The van der Waals surface area contributed by atoms with Crippen molar-refractivity contribution in [1.82, 2.24) is 20.4 Å². The summed E-state index contributed by atoms with van der Waals surface area (Å²) in [4.78, 5) is 32.1. The topological polar surface area (TPSA) is 64.7 Å². The normalized spacial score (nSPS) is 25.8. The zero-order valence-corrected chi connectivity index (χ0v) is 35.9. The molecule has 1 aliphatic carbocycles. The van der Waals surface area contributed by atoms with Crippen molar-refractivity contribution in [3.8, 4) is 0 Å². The first-order valence-corrected chi connectivity index (χ1v) is 22.1. The molecule has 7 heteroatoms. The van der Waals surface area contributed by atoms with Gasteiger partial charge in [-0.25, -0.2) is 4.39 Å². The number of hydrogen-bond acceptors (Lipinski definition) is 4. The molecule has 5 aliphatic rings. The smallest absolute Gasteiger partial charge is 0.252 e. The number of hydrogen-bond donors (Lipinski definition) is 2. The van der Waals surface area contributed by atoms with Crippen LogP contribution >= 0.6 is 0 Å². The highest BCUT2D eigenvalue weighted by Crippen LogP contribution is 2.56. The van der Waals surface area contributed by atoms with Crippen molar-refractivity contribution in [2.45, 2.75) is 153 Å². The van der Waals surface area contributed by atoms with E-state index >= 15 is 0 Å². The maximum absolute atomic E-state index is 14.0. The molecule has 5 fully saturated rings. The van der Waals surface area contributed by atoms with Crippen LogP contribution in [0.2, 0.25) is 0 Å². The van der Waals surface area contributed by atoms with E-state index < -0.39 is 0 Å². The van der Waals surface area contributed by atoms with E-state index in [0.29, 0.717) is 18.1 Å². The first kappa shape index (κ1) is 41.8. The number of rotatable bonds is 9. The van der Waals surface area contributed by atoms with E-state index in [4.69, 9.17) is 0 Å². The number of nitrogens with zero attached hydrogens (tertiary/aromatic N) is 2. The number of likely N-dealkylation sites (N-methyl/N-ethyl adjacent to an activating group) is 1. The van der Waals surface area contributed by atoms with E-state index in [9.17, 15) is 14.0 Å². The van der Waals surface area contributed by atoms with Gasteiger partial charge in [0.1, 0.15) is 5.82 Å². The molecule has 4 aliphatic heterocycles. The predicted molar refractivity (Wildman–Crippen MR) is 234 cm³/mol. The lowest BCUT2D eigenvalue weighted by Crippen LogP contribution is -2.57. The van der Waals surface area contributed by atoms with Crippen LogP contribution in [-0.2, 0) is 0 Å². The van der Waals surface area contributed by atoms with Crippen molar-refractivity contribution >= 4 is 11.8 Å². The van der Waals surface area contributed by atoms with E-state index in [1.165, 1.54) is 56.6 Å². The van der Waals surface area contributed by atoms with Crippen LogP contribution in [-0.4, -0.2) is 57.9 Å². The molecule has 6 nitrogen and oxygen atoms in total. The fourth-order valence-corrected chi connectivity index (χ4v) is 11.6. The summed E-state index contributed by atoms with van der Waals surface area (Å²) >= 11 is 0. The van der Waals surface area contributed by atoms with Gasteiger partial charge in [0.25, 0.3) is 11.8 Å². The van der Waals surface area contributed by atoms with E-state index in [2.05, 4.69) is 57.8 Å². The molecule has 0 spiro atoms. The Bertz CT molecular complexity index is 2020. The summed E-state index contributed by atoms with van der Waals surface area (Å²) in [6.45, 7) is 12.0. The monoisotopic (exact) mass is 785 g/mol. The summed E-state index contributed by atoms with van der Waals surface area (Å²) in [5.41, 5.74) is 7.64. The Balaban J connectivity index is 0.000000170. The lowest BCUT2D eigenvalue weighted by molar-refractivity contribution is 0.0258. The van der Waals surface area contributed by atoms with E-state index in [0.717, 1.165) is 64.6 Å². The van der Waals surface area contributed by atoms with Crippen LogP contribution in [0.5, 0.6) is 0 Å². The van der Waals surface area contributed by atoms with Gasteiger partial charge in [0.05, 0.1) is 12.1 Å². The number of benzene rings is 4. The highest BCUT2D eigenvalue weighted by Gasteiger charge is 2.59. The highest BCUT2D eigenvalue weighted by atomic mass is 19.1. The summed E-state index contributed by atoms with van der Waals surface area (Å²) in [5.74, 6) is -0.254. The number of aryl methyl sites for hydroxylation is 4. The number of halogens is 1. The molecule has 2 amide bonds. The van der Waals surface area contributed by atoms with E-state index in [1.54, 1.807) is 12.1 Å². The molecule has 308 valence electrons. The quantitative estimate of drug-likeness (QED) is 0.177. The van der Waals surface area contributed by atoms with Gasteiger partial charge in [0, 0.05) is 40.3 Å². The van der Waals surface area contributed by atoms with Crippen molar-refractivity contribution in [1.29, 1.82) is 0 Å². The maximum Gasteiger partial charge on any atom is 0.252 e. The predicted octanol–water partition coefficient (Wildman–Crippen LogP) is 10.9. The molecule has 4 heterocycles. The Kier molecular flexibility index (Phi) is 12.6. The van der Waals surface area contributed by atoms with Gasteiger partial charge in [-0.15, -0.1) is 0 Å². The molecule has 4 aromatic rings. The summed E-state index contributed by atoms with van der Waals surface area (Å²) in [5, 5.41) is 6.85. The molecule has 2 N–H and O–H groups in total. The van der Waals surface area contributed by atoms with E-state index in [-0.39, 0.29) is 40.8 Å². The third-order valence-corrected chi connectivity index (χ3v) is 14.6. The standard InChI is InChI=1S/C26H32N2O.C23H27FN2O.C2H6/c1-18-8-6-9-19(2)23(18)25(29)27-24(20-10-4-3-5-11-20)26-16-14-22(15-17-26)28(26)21-12-7-13-21;1-15-6-4-7-16(2)20(15)22(27)25-21(17-8-5-9-18(24)14-17)23-12-10-19(11-13-23)26(23)3;1-2/h3-6,8-11,21-22,24H,7,12-17H2,1-2H3,(H,27,29);4-9,14,19,21H,10-13H2,1-3H3,(H,25,27);1-2H3/t22?,24-,26?;;/m1../s1. The number of carbonyl (C=O) groups is 2. The van der Waals surface area contributed by atoms with Gasteiger partial charge in [-0.3, -0.25) is 19.4 Å². The first-order valence-electron chi connectivity index (χ1n) is 22.1. The van der Waals surface area contributed by atoms with Crippen LogP contribution in [0.25, 0.3) is 0 Å². The van der Waals surface area contributed by atoms with Gasteiger partial charge in [-0.05, 0) is 144 Å². The first-order chi connectivity index (χ1) is 28.0. The van der Waals surface area contributed by atoms with Gasteiger partial charge in [0.15, 0.2) is 0 Å². The molecule has 58 heavy (non-hydrogen) atoms. The summed E-state index contributed by atoms with van der Waals surface area (Å²) in [6, 6.07) is 31.2. The van der Waals surface area contributed by atoms with Gasteiger partial charge < -0.3 is 10.6 Å². The lowest BCUT2D eigenvalue weighted by Gasteiger charge is -2.48. The Labute approximate surface area is 347 Å². The summed E-state index contributed by atoms with van der Waals surface area (Å²) in [6.07, 6.45) is 13.3. The van der Waals surface area contributed by atoms with Crippen LogP contribution in [0, 0.1) is 33.5 Å². The van der Waals surface area contributed by atoms with Crippen LogP contribution in [0.4, 0.5) is 4.39 Å². The fourth-order valence-electron chi connectivity index (χ4n) is 11.6. The van der Waals surface area contributed by atoms with Crippen LogP contribution < -0.4 is 10.6 Å². The molecule has 1 saturated carbocycles. The van der Waals surface area contributed by atoms with Gasteiger partial charge in [0.2, 0.25) is 0 Å². The molecule has 0 aromatic heterocycles. The zero-order chi connectivity index (χ0) is 41.2. The van der Waals surface area contributed by atoms with Gasteiger partial charge >= 0.3 is 0 Å². The molecule has 4 aromatic carbocycles.